The normalized spacial score (nSPS) is 14.7. The van der Waals surface area contributed by atoms with E-state index in [0.29, 0.717) is 40.0 Å². The summed E-state index contributed by atoms with van der Waals surface area (Å²) in [5.41, 5.74) is 7.10. The number of benzene rings is 2. The molecule has 1 aliphatic heterocycles. The Labute approximate surface area is 238 Å². The molecule has 2 aromatic carbocycles. The summed E-state index contributed by atoms with van der Waals surface area (Å²) < 4.78 is 56.0. The lowest BCUT2D eigenvalue weighted by atomic mass is 9.97. The summed E-state index contributed by atoms with van der Waals surface area (Å²) in [4.78, 5) is 23.6. The van der Waals surface area contributed by atoms with Gasteiger partial charge in [-0.05, 0) is 75.1 Å². The number of anilines is 1. The van der Waals surface area contributed by atoms with Crippen molar-refractivity contribution < 1.29 is 22.4 Å². The fourth-order valence-electron chi connectivity index (χ4n) is 4.85. The van der Waals surface area contributed by atoms with E-state index in [1.165, 1.54) is 6.33 Å². The first kappa shape index (κ1) is 28.5. The van der Waals surface area contributed by atoms with E-state index < -0.39 is 33.9 Å². The van der Waals surface area contributed by atoms with E-state index in [1.807, 2.05) is 11.6 Å². The minimum absolute atomic E-state index is 0.138. The van der Waals surface area contributed by atoms with Gasteiger partial charge in [0.05, 0.1) is 27.6 Å². The number of Topliss-reactive ketones (excluding diaryl/α,β-unsaturated/α-hetero) is 1. The van der Waals surface area contributed by atoms with Crippen LogP contribution in [0.1, 0.15) is 57.2 Å². The van der Waals surface area contributed by atoms with Gasteiger partial charge in [0.2, 0.25) is 0 Å². The highest BCUT2D eigenvalue weighted by Gasteiger charge is 2.33. The number of nitrogens with two attached hydrogens (primary N) is 1. The van der Waals surface area contributed by atoms with Crippen LogP contribution in [-0.4, -0.2) is 50.6 Å². The van der Waals surface area contributed by atoms with Crippen molar-refractivity contribution in [2.75, 3.05) is 25.9 Å². The highest BCUT2D eigenvalue weighted by atomic mass is 35.5. The smallest absolute Gasteiger partial charge is 0.383 e. The Hall–Kier alpha value is -4.01. The highest BCUT2D eigenvalue weighted by Crippen LogP contribution is 2.34. The van der Waals surface area contributed by atoms with Crippen LogP contribution in [-0.2, 0) is 12.6 Å². The molecule has 1 aliphatic rings. The van der Waals surface area contributed by atoms with Crippen molar-refractivity contribution in [1.29, 1.82) is 0 Å². The van der Waals surface area contributed by atoms with Crippen LogP contribution in [0.5, 0.6) is 0 Å². The summed E-state index contributed by atoms with van der Waals surface area (Å²) >= 11 is 5.65. The van der Waals surface area contributed by atoms with Crippen LogP contribution >= 0.6 is 11.6 Å². The van der Waals surface area contributed by atoms with Crippen LogP contribution in [0.15, 0.2) is 36.7 Å². The molecule has 0 bridgehead atoms. The van der Waals surface area contributed by atoms with Gasteiger partial charge >= 0.3 is 6.18 Å². The summed E-state index contributed by atoms with van der Waals surface area (Å²) in [5, 5.41) is 4.53. The molecule has 7 nitrogen and oxygen atoms in total. The van der Waals surface area contributed by atoms with Crippen LogP contribution < -0.4 is 5.73 Å². The van der Waals surface area contributed by atoms with Gasteiger partial charge in [-0.1, -0.05) is 29.7 Å². The Morgan fingerprint density at radius 1 is 1.15 bits per heavy atom. The van der Waals surface area contributed by atoms with Gasteiger partial charge in [0.15, 0.2) is 17.2 Å². The summed E-state index contributed by atoms with van der Waals surface area (Å²) in [6.07, 6.45) is -1.93. The number of nitrogen functional groups attached to an aromatic ring is 1. The van der Waals surface area contributed by atoms with E-state index in [-0.39, 0.29) is 18.3 Å². The molecule has 1 saturated heterocycles. The zero-order chi connectivity index (χ0) is 29.5. The molecule has 12 heteroatoms. The van der Waals surface area contributed by atoms with Crippen molar-refractivity contribution in [3.05, 3.63) is 81.0 Å². The lowest BCUT2D eigenvalue weighted by Crippen LogP contribution is -2.32. The van der Waals surface area contributed by atoms with Crippen molar-refractivity contribution >= 4 is 34.2 Å². The van der Waals surface area contributed by atoms with Crippen molar-refractivity contribution in [2.24, 2.45) is 0 Å². The second-order valence-electron chi connectivity index (χ2n) is 10.1. The van der Waals surface area contributed by atoms with E-state index in [9.17, 15) is 22.4 Å². The Bertz CT molecular complexity index is 1710. The zero-order valence-corrected chi connectivity index (χ0v) is 22.9. The number of ketones is 1. The minimum atomic E-state index is -4.78. The molecule has 2 N–H and O–H groups in total. The maximum absolute atomic E-state index is 14.5. The zero-order valence-electron chi connectivity index (χ0n) is 22.2. The number of hydrogen-bond acceptors (Lipinski definition) is 6. The predicted molar refractivity (Wildman–Crippen MR) is 147 cm³/mol. The van der Waals surface area contributed by atoms with Crippen molar-refractivity contribution in [1.82, 2.24) is 24.6 Å². The molecule has 41 heavy (non-hydrogen) atoms. The van der Waals surface area contributed by atoms with Crippen LogP contribution in [0.2, 0.25) is 5.02 Å². The number of aryl methyl sites for hydroxylation is 1. The number of aromatic nitrogens is 4. The standard InChI is InChI=1S/C29H25ClF4N6O/c1-16-3-4-17(12-24(41)21-13-19(29(32,33)34)14-22(30)26(21)31)11-18(16)5-6-23-25-27(35)36-15-37-28(25)40(38-23)20-7-9-39(2)10-8-20/h3-4,11,13-15,20H,7-10,12H2,1-2H3,(H2,35,36,37). The third-order valence-electron chi connectivity index (χ3n) is 7.19. The first-order valence-corrected chi connectivity index (χ1v) is 13.2. The molecule has 0 atom stereocenters. The van der Waals surface area contributed by atoms with Gasteiger partial charge in [0.25, 0.3) is 0 Å². The Balaban J connectivity index is 1.46. The molecule has 0 amide bonds. The monoisotopic (exact) mass is 584 g/mol. The molecular formula is C29H25ClF4N6O. The summed E-state index contributed by atoms with van der Waals surface area (Å²) in [6.45, 7) is 3.68. The van der Waals surface area contributed by atoms with Gasteiger partial charge in [0.1, 0.15) is 17.8 Å². The molecule has 2 aromatic heterocycles. The molecule has 0 unspecified atom stereocenters. The summed E-state index contributed by atoms with van der Waals surface area (Å²) in [6, 6.07) is 6.10. The molecule has 0 radical (unpaired) electrons. The highest BCUT2D eigenvalue weighted by molar-refractivity contribution is 6.31. The minimum Gasteiger partial charge on any atom is -0.383 e. The van der Waals surface area contributed by atoms with Crippen LogP contribution in [0.3, 0.4) is 0 Å². The lowest BCUT2D eigenvalue weighted by Gasteiger charge is -2.29. The lowest BCUT2D eigenvalue weighted by molar-refractivity contribution is -0.137. The number of fused-ring (bicyclic) bond motifs is 1. The van der Waals surface area contributed by atoms with Gasteiger partial charge < -0.3 is 10.6 Å². The fraction of sp³-hybridized carbons (Fsp3) is 0.310. The molecule has 1 fully saturated rings. The van der Waals surface area contributed by atoms with E-state index in [2.05, 4.69) is 33.8 Å². The van der Waals surface area contributed by atoms with Crippen molar-refractivity contribution in [2.45, 2.75) is 38.4 Å². The number of halogens is 5. The van der Waals surface area contributed by atoms with Crippen molar-refractivity contribution in [3.63, 3.8) is 0 Å². The molecule has 4 aromatic rings. The number of piperidine rings is 1. The summed E-state index contributed by atoms with van der Waals surface area (Å²) in [5.74, 6) is 4.37. The van der Waals surface area contributed by atoms with E-state index in [0.717, 1.165) is 31.5 Å². The van der Waals surface area contributed by atoms with Gasteiger partial charge in [0, 0.05) is 12.0 Å². The quantitative estimate of drug-likeness (QED) is 0.190. The second kappa shape index (κ2) is 11.1. The predicted octanol–water partition coefficient (Wildman–Crippen LogP) is 5.62. The molecule has 5 rings (SSSR count). The maximum Gasteiger partial charge on any atom is 0.416 e. The van der Waals surface area contributed by atoms with Crippen LogP contribution in [0.4, 0.5) is 23.4 Å². The second-order valence-corrected chi connectivity index (χ2v) is 10.5. The van der Waals surface area contributed by atoms with Gasteiger partial charge in [-0.15, -0.1) is 0 Å². The third kappa shape index (κ3) is 5.89. The molecule has 0 saturated carbocycles. The molecule has 212 valence electrons. The third-order valence-corrected chi connectivity index (χ3v) is 7.47. The first-order valence-electron chi connectivity index (χ1n) is 12.8. The van der Waals surface area contributed by atoms with Crippen LogP contribution in [0, 0.1) is 24.6 Å². The number of nitrogens with zero attached hydrogens (tertiary/aromatic N) is 5. The molecule has 0 spiro atoms. The van der Waals surface area contributed by atoms with Crippen LogP contribution in [0.25, 0.3) is 11.0 Å². The Morgan fingerprint density at radius 3 is 2.59 bits per heavy atom. The van der Waals surface area contributed by atoms with Crippen molar-refractivity contribution in [3.8, 4) is 11.8 Å². The van der Waals surface area contributed by atoms with E-state index in [4.69, 9.17) is 22.4 Å². The largest absolute Gasteiger partial charge is 0.416 e. The average Bonchev–Trinajstić information content (AvgIpc) is 3.30. The number of alkyl halides is 3. The van der Waals surface area contributed by atoms with E-state index >= 15 is 0 Å². The number of rotatable bonds is 4. The van der Waals surface area contributed by atoms with Gasteiger partial charge in [-0.3, -0.25) is 4.79 Å². The number of likely N-dealkylation sites (tertiary alicyclic amines) is 1. The fourth-order valence-corrected chi connectivity index (χ4v) is 5.07. The van der Waals surface area contributed by atoms with Gasteiger partial charge in [-0.25, -0.2) is 19.0 Å². The molecule has 0 aliphatic carbocycles. The Kier molecular flexibility index (Phi) is 7.72. The average molecular weight is 585 g/mol. The van der Waals surface area contributed by atoms with E-state index in [1.54, 1.807) is 18.2 Å². The number of hydrogen-bond donors (Lipinski definition) is 1. The van der Waals surface area contributed by atoms with Gasteiger partial charge in [-0.2, -0.15) is 18.3 Å². The maximum atomic E-state index is 14.5. The number of carbonyl (C=O) groups is 1. The topological polar surface area (TPSA) is 89.9 Å². The molecular weight excluding hydrogens is 560 g/mol. The first-order chi connectivity index (χ1) is 19.4. The number of carbonyl (C=O) groups excluding carboxylic acids is 1. The summed E-state index contributed by atoms with van der Waals surface area (Å²) in [7, 11) is 2.07. The Morgan fingerprint density at radius 2 is 1.88 bits per heavy atom. The molecule has 3 heterocycles. The SMILES string of the molecule is Cc1ccc(CC(=O)c2cc(C(F)(F)F)cc(Cl)c2F)cc1C#Cc1nn(C2CCN(C)CC2)c2ncnc(N)c12.